The molecule has 0 bridgehead atoms. The highest BCUT2D eigenvalue weighted by Crippen LogP contribution is 2.37. The Morgan fingerprint density at radius 1 is 0.714 bits per heavy atom. The molecule has 5 nitrogen and oxygen atoms in total. The van der Waals surface area contributed by atoms with Crippen LogP contribution in [0.15, 0.2) is 83.0 Å². The molecule has 142 valence electrons. The van der Waals surface area contributed by atoms with Crippen LogP contribution in [-0.4, -0.2) is 33.3 Å². The molecule has 0 aromatic heterocycles. The minimum atomic E-state index is 0.542. The molecule has 0 aliphatic heterocycles. The lowest BCUT2D eigenvalue weighted by Gasteiger charge is -2.12. The SMILES string of the molecule is COc1cc(C=NN=C(c2ccccc2)c2ccccc2)cc(OC)c1OC. The molecule has 0 saturated heterocycles. The van der Waals surface area contributed by atoms with E-state index in [1.165, 1.54) is 0 Å². The van der Waals surface area contributed by atoms with Crippen molar-refractivity contribution < 1.29 is 14.2 Å². The first kappa shape index (κ1) is 19.2. The van der Waals surface area contributed by atoms with E-state index in [-0.39, 0.29) is 0 Å². The van der Waals surface area contributed by atoms with E-state index < -0.39 is 0 Å². The van der Waals surface area contributed by atoms with Crippen LogP contribution in [0.4, 0.5) is 0 Å². The third-order valence-electron chi connectivity index (χ3n) is 4.15. The van der Waals surface area contributed by atoms with Crippen LogP contribution >= 0.6 is 0 Å². The lowest BCUT2D eigenvalue weighted by molar-refractivity contribution is 0.324. The number of rotatable bonds is 7. The van der Waals surface area contributed by atoms with E-state index >= 15 is 0 Å². The Morgan fingerprint density at radius 2 is 1.21 bits per heavy atom. The van der Waals surface area contributed by atoms with Gasteiger partial charge in [-0.05, 0) is 12.1 Å². The zero-order chi connectivity index (χ0) is 19.8. The van der Waals surface area contributed by atoms with Crippen LogP contribution in [-0.2, 0) is 0 Å². The number of hydrogen-bond acceptors (Lipinski definition) is 5. The van der Waals surface area contributed by atoms with Crippen LogP contribution in [0.5, 0.6) is 17.2 Å². The molecule has 0 aliphatic rings. The topological polar surface area (TPSA) is 52.4 Å². The molecule has 28 heavy (non-hydrogen) atoms. The molecule has 5 heteroatoms. The van der Waals surface area contributed by atoms with Crippen molar-refractivity contribution in [3.63, 3.8) is 0 Å². The number of ether oxygens (including phenoxy) is 3. The van der Waals surface area contributed by atoms with Gasteiger partial charge in [0.25, 0.3) is 0 Å². The predicted octanol–water partition coefficient (Wildman–Crippen LogP) is 4.58. The summed E-state index contributed by atoms with van der Waals surface area (Å²) in [7, 11) is 4.74. The Balaban J connectivity index is 1.98. The maximum absolute atomic E-state index is 5.38. The molecule has 0 radical (unpaired) electrons. The summed E-state index contributed by atoms with van der Waals surface area (Å²) < 4.78 is 16.1. The van der Waals surface area contributed by atoms with Gasteiger partial charge in [0.2, 0.25) is 5.75 Å². The summed E-state index contributed by atoms with van der Waals surface area (Å²) >= 11 is 0. The van der Waals surface area contributed by atoms with Crippen molar-refractivity contribution in [2.75, 3.05) is 21.3 Å². The Bertz CT molecular complexity index is 901. The second-order valence-corrected chi connectivity index (χ2v) is 5.88. The lowest BCUT2D eigenvalue weighted by Crippen LogP contribution is -2.02. The van der Waals surface area contributed by atoms with Gasteiger partial charge in [0.15, 0.2) is 11.5 Å². The van der Waals surface area contributed by atoms with Gasteiger partial charge < -0.3 is 14.2 Å². The summed E-state index contributed by atoms with van der Waals surface area (Å²) in [6, 6.07) is 23.6. The summed E-state index contributed by atoms with van der Waals surface area (Å²) in [6.45, 7) is 0. The highest BCUT2D eigenvalue weighted by molar-refractivity contribution is 6.12. The molecule has 0 aliphatic carbocycles. The highest BCUT2D eigenvalue weighted by Gasteiger charge is 2.12. The summed E-state index contributed by atoms with van der Waals surface area (Å²) in [5.41, 5.74) is 3.58. The normalized spacial score (nSPS) is 10.5. The largest absolute Gasteiger partial charge is 0.493 e. The van der Waals surface area contributed by atoms with Crippen molar-refractivity contribution >= 4 is 11.9 Å². The second kappa shape index (κ2) is 9.37. The molecule has 0 saturated carbocycles. The quantitative estimate of drug-likeness (QED) is 0.449. The predicted molar refractivity (Wildman–Crippen MR) is 112 cm³/mol. The molecule has 3 aromatic carbocycles. The first-order valence-corrected chi connectivity index (χ1v) is 8.78. The molecule has 0 atom stereocenters. The van der Waals surface area contributed by atoms with E-state index in [0.29, 0.717) is 17.2 Å². The van der Waals surface area contributed by atoms with Crippen molar-refractivity contribution in [3.05, 3.63) is 89.5 Å². The van der Waals surface area contributed by atoms with Gasteiger partial charge in [-0.15, -0.1) is 5.10 Å². The molecule has 3 rings (SSSR count). The minimum Gasteiger partial charge on any atom is -0.493 e. The van der Waals surface area contributed by atoms with Gasteiger partial charge in [-0.1, -0.05) is 60.7 Å². The fraction of sp³-hybridized carbons (Fsp3) is 0.130. The van der Waals surface area contributed by atoms with Gasteiger partial charge in [-0.2, -0.15) is 5.10 Å². The Morgan fingerprint density at radius 3 is 1.64 bits per heavy atom. The minimum absolute atomic E-state index is 0.542. The van der Waals surface area contributed by atoms with Crippen LogP contribution in [0.25, 0.3) is 0 Å². The van der Waals surface area contributed by atoms with E-state index in [0.717, 1.165) is 22.4 Å². The van der Waals surface area contributed by atoms with Gasteiger partial charge in [0, 0.05) is 16.7 Å². The van der Waals surface area contributed by atoms with E-state index in [4.69, 9.17) is 14.2 Å². The van der Waals surface area contributed by atoms with Gasteiger partial charge >= 0.3 is 0 Å². The highest BCUT2D eigenvalue weighted by atomic mass is 16.5. The summed E-state index contributed by atoms with van der Waals surface area (Å²) in [5, 5.41) is 8.80. The number of hydrogen-bond donors (Lipinski definition) is 0. The average molecular weight is 374 g/mol. The van der Waals surface area contributed by atoms with E-state index in [1.54, 1.807) is 27.5 Å². The summed E-state index contributed by atoms with van der Waals surface area (Å²) in [5.74, 6) is 1.68. The van der Waals surface area contributed by atoms with E-state index in [9.17, 15) is 0 Å². The van der Waals surface area contributed by atoms with Crippen molar-refractivity contribution in [2.24, 2.45) is 10.2 Å². The van der Waals surface area contributed by atoms with E-state index in [1.807, 2.05) is 72.8 Å². The fourth-order valence-corrected chi connectivity index (χ4v) is 2.80. The second-order valence-electron chi connectivity index (χ2n) is 5.88. The smallest absolute Gasteiger partial charge is 0.203 e. The monoisotopic (exact) mass is 374 g/mol. The van der Waals surface area contributed by atoms with Gasteiger partial charge in [0.1, 0.15) is 5.71 Å². The molecule has 0 spiro atoms. The Kier molecular flexibility index (Phi) is 6.41. The summed E-state index contributed by atoms with van der Waals surface area (Å²) in [6.07, 6.45) is 1.66. The van der Waals surface area contributed by atoms with Crippen LogP contribution < -0.4 is 14.2 Å². The van der Waals surface area contributed by atoms with Gasteiger partial charge in [-0.25, -0.2) is 0 Å². The lowest BCUT2D eigenvalue weighted by atomic mass is 10.0. The third-order valence-corrected chi connectivity index (χ3v) is 4.15. The fourth-order valence-electron chi connectivity index (χ4n) is 2.80. The zero-order valence-corrected chi connectivity index (χ0v) is 16.1. The molecular formula is C23H22N2O3. The number of benzene rings is 3. The first-order valence-electron chi connectivity index (χ1n) is 8.78. The van der Waals surface area contributed by atoms with Crippen molar-refractivity contribution in [2.45, 2.75) is 0 Å². The maximum Gasteiger partial charge on any atom is 0.203 e. The Labute approximate surface area is 164 Å². The molecule has 0 amide bonds. The maximum atomic E-state index is 5.38. The van der Waals surface area contributed by atoms with Crippen molar-refractivity contribution in [1.29, 1.82) is 0 Å². The molecular weight excluding hydrogens is 352 g/mol. The molecule has 0 unspecified atom stereocenters. The van der Waals surface area contributed by atoms with Crippen molar-refractivity contribution in [1.82, 2.24) is 0 Å². The molecule has 0 fully saturated rings. The van der Waals surface area contributed by atoms with Gasteiger partial charge in [0.05, 0.1) is 27.5 Å². The van der Waals surface area contributed by atoms with Crippen molar-refractivity contribution in [3.8, 4) is 17.2 Å². The summed E-state index contributed by atoms with van der Waals surface area (Å²) in [4.78, 5) is 0. The standard InChI is InChI=1S/C23H22N2O3/c1-26-20-14-17(15-21(27-2)23(20)28-3)16-24-25-22(18-10-6-4-7-11-18)19-12-8-5-9-13-19/h4-16H,1-3H3. The first-order chi connectivity index (χ1) is 13.8. The Hall–Kier alpha value is -3.60. The van der Waals surface area contributed by atoms with Crippen LogP contribution in [0.1, 0.15) is 16.7 Å². The van der Waals surface area contributed by atoms with Crippen LogP contribution in [0.2, 0.25) is 0 Å². The van der Waals surface area contributed by atoms with Crippen LogP contribution in [0, 0.1) is 0 Å². The van der Waals surface area contributed by atoms with Crippen LogP contribution in [0.3, 0.4) is 0 Å². The zero-order valence-electron chi connectivity index (χ0n) is 16.1. The van der Waals surface area contributed by atoms with E-state index in [2.05, 4.69) is 10.2 Å². The number of nitrogens with zero attached hydrogens (tertiary/aromatic N) is 2. The number of methoxy groups -OCH3 is 3. The molecule has 0 heterocycles. The molecule has 0 N–H and O–H groups in total. The molecule has 3 aromatic rings. The average Bonchev–Trinajstić information content (AvgIpc) is 2.77. The third kappa shape index (κ3) is 4.38. The van der Waals surface area contributed by atoms with Gasteiger partial charge in [-0.3, -0.25) is 0 Å².